The summed E-state index contributed by atoms with van der Waals surface area (Å²) in [6.45, 7) is 14.2. The Morgan fingerprint density at radius 2 is 0.438 bits per heavy atom. The maximum absolute atomic E-state index is 13.1. The minimum atomic E-state index is -4.96. The number of aliphatic hydroxyl groups is 1. The molecule has 570 valence electrons. The highest BCUT2D eigenvalue weighted by molar-refractivity contribution is 7.47. The molecule has 0 bridgehead atoms. The van der Waals surface area contributed by atoms with E-state index in [1.807, 2.05) is 0 Å². The van der Waals surface area contributed by atoms with Gasteiger partial charge in [-0.2, -0.15) is 0 Å². The molecule has 5 atom stereocenters. The lowest BCUT2D eigenvalue weighted by Crippen LogP contribution is -2.30. The molecule has 0 aliphatic rings. The van der Waals surface area contributed by atoms with Gasteiger partial charge in [0, 0.05) is 25.7 Å². The zero-order valence-corrected chi connectivity index (χ0v) is 64.8. The fourth-order valence-electron chi connectivity index (χ4n) is 11.7. The Hall–Kier alpha value is -1.94. The molecule has 0 aromatic heterocycles. The summed E-state index contributed by atoms with van der Waals surface area (Å²) in [5.41, 5.74) is 0. The Balaban J connectivity index is 5.25. The smallest absolute Gasteiger partial charge is 0.462 e. The Bertz CT molecular complexity index is 1880. The molecule has 0 amide bonds. The summed E-state index contributed by atoms with van der Waals surface area (Å²) in [4.78, 5) is 72.9. The second kappa shape index (κ2) is 66.3. The third kappa shape index (κ3) is 70.5. The third-order valence-electron chi connectivity index (χ3n) is 17.8. The Kier molecular flexibility index (Phi) is 65.0. The lowest BCUT2D eigenvalue weighted by atomic mass is 10.0. The summed E-state index contributed by atoms with van der Waals surface area (Å²) in [7, 11) is -9.92. The summed E-state index contributed by atoms with van der Waals surface area (Å²) >= 11 is 0. The van der Waals surface area contributed by atoms with Crippen LogP contribution in [0.3, 0.4) is 0 Å². The van der Waals surface area contributed by atoms with E-state index in [1.54, 1.807) is 0 Å². The molecule has 96 heavy (non-hydrogen) atoms. The van der Waals surface area contributed by atoms with E-state index < -0.39 is 97.5 Å². The molecule has 3 N–H and O–H groups in total. The van der Waals surface area contributed by atoms with E-state index >= 15 is 0 Å². The summed E-state index contributed by atoms with van der Waals surface area (Å²) < 4.78 is 68.6. The van der Waals surface area contributed by atoms with Crippen LogP contribution in [0.25, 0.3) is 0 Å². The van der Waals surface area contributed by atoms with Crippen molar-refractivity contribution in [1.29, 1.82) is 0 Å². The van der Waals surface area contributed by atoms with Crippen molar-refractivity contribution in [3.8, 4) is 0 Å². The molecule has 0 rings (SSSR count). The first kappa shape index (κ1) is 94.1. The van der Waals surface area contributed by atoms with Gasteiger partial charge in [0.1, 0.15) is 19.3 Å². The molecular formula is C77H150O17P2. The molecule has 0 heterocycles. The van der Waals surface area contributed by atoms with E-state index in [9.17, 15) is 43.2 Å². The van der Waals surface area contributed by atoms with Crippen LogP contribution in [0.2, 0.25) is 0 Å². The van der Waals surface area contributed by atoms with Gasteiger partial charge < -0.3 is 33.8 Å². The van der Waals surface area contributed by atoms with Gasteiger partial charge in [-0.3, -0.25) is 37.3 Å². The number of carbonyl (C=O) groups is 4. The predicted molar refractivity (Wildman–Crippen MR) is 391 cm³/mol. The van der Waals surface area contributed by atoms with E-state index in [0.29, 0.717) is 31.6 Å². The molecule has 0 fully saturated rings. The molecule has 0 aromatic carbocycles. The fourth-order valence-corrected chi connectivity index (χ4v) is 13.3. The summed E-state index contributed by atoms with van der Waals surface area (Å²) in [6.07, 6.45) is 51.3. The van der Waals surface area contributed by atoms with Gasteiger partial charge in [0.15, 0.2) is 12.2 Å². The van der Waals surface area contributed by atoms with Crippen LogP contribution in [0.4, 0.5) is 0 Å². The average molecular weight is 1410 g/mol. The van der Waals surface area contributed by atoms with Crippen LogP contribution in [0.1, 0.15) is 389 Å². The predicted octanol–water partition coefficient (Wildman–Crippen LogP) is 22.4. The topological polar surface area (TPSA) is 237 Å². The lowest BCUT2D eigenvalue weighted by Gasteiger charge is -2.21. The Labute approximate surface area is 588 Å². The highest BCUT2D eigenvalue weighted by atomic mass is 31.2. The molecule has 3 unspecified atom stereocenters. The molecule has 17 nitrogen and oxygen atoms in total. The number of phosphoric acid groups is 2. The zero-order valence-electron chi connectivity index (χ0n) is 63.0. The summed E-state index contributed by atoms with van der Waals surface area (Å²) in [6, 6.07) is 0. The van der Waals surface area contributed by atoms with Crippen molar-refractivity contribution in [3.05, 3.63) is 0 Å². The van der Waals surface area contributed by atoms with Gasteiger partial charge in [-0.25, -0.2) is 9.13 Å². The highest BCUT2D eigenvalue weighted by Gasteiger charge is 2.30. The number of rotatable bonds is 74. The van der Waals surface area contributed by atoms with Crippen molar-refractivity contribution >= 4 is 39.5 Å². The quantitative estimate of drug-likeness (QED) is 0.0222. The Morgan fingerprint density at radius 3 is 0.646 bits per heavy atom. The summed E-state index contributed by atoms with van der Waals surface area (Å²) in [5, 5.41) is 10.6. The molecule has 19 heteroatoms. The third-order valence-corrected chi connectivity index (χ3v) is 19.7. The van der Waals surface area contributed by atoms with Crippen LogP contribution in [0, 0.1) is 23.7 Å². The van der Waals surface area contributed by atoms with Crippen LogP contribution in [0.15, 0.2) is 0 Å². The molecule has 0 aliphatic carbocycles. The molecular weight excluding hydrogens is 1260 g/mol. The first-order chi connectivity index (χ1) is 46.1. The van der Waals surface area contributed by atoms with E-state index in [0.717, 1.165) is 114 Å². The molecule has 0 radical (unpaired) electrons. The van der Waals surface area contributed by atoms with Crippen molar-refractivity contribution in [1.82, 2.24) is 0 Å². The van der Waals surface area contributed by atoms with Crippen LogP contribution >= 0.6 is 15.6 Å². The van der Waals surface area contributed by atoms with Crippen molar-refractivity contribution in [2.45, 2.75) is 408 Å². The maximum atomic E-state index is 13.1. The van der Waals surface area contributed by atoms with Gasteiger partial charge in [-0.05, 0) is 49.4 Å². The number of carbonyl (C=O) groups excluding carboxylic acids is 4. The number of esters is 4. The van der Waals surface area contributed by atoms with Crippen LogP contribution in [-0.4, -0.2) is 96.7 Å². The van der Waals surface area contributed by atoms with Crippen LogP contribution < -0.4 is 0 Å². The standard InChI is InChI=1S/C77H150O17P2/c1-67(2)53-45-37-29-22-16-11-9-13-19-25-33-41-49-57-74(79)87-63-72(93-77(82)60-52-44-35-27-21-15-18-24-31-39-47-55-69(5)6)65-91-95(83,84)89-61-71(78)62-90-96(85,86)92-66-73(64-88-75(80)58-50-42-36-28-32-40-48-56-70(7)8)94-76(81)59-51-43-34-26-20-14-10-12-17-23-30-38-46-54-68(3)4/h67-73,78H,9-66H2,1-8H3,(H,83,84)(H,85,86)/t71?,72-,73-/m1/s1. The van der Waals surface area contributed by atoms with Crippen LogP contribution in [-0.2, 0) is 65.4 Å². The zero-order chi connectivity index (χ0) is 71.0. The second-order valence-electron chi connectivity index (χ2n) is 29.7. The maximum Gasteiger partial charge on any atom is 0.472 e. The van der Waals surface area contributed by atoms with Gasteiger partial charge in [-0.1, -0.05) is 338 Å². The van der Waals surface area contributed by atoms with Crippen molar-refractivity contribution in [3.63, 3.8) is 0 Å². The number of aliphatic hydroxyl groups excluding tert-OH is 1. The molecule has 0 saturated heterocycles. The molecule has 0 saturated carbocycles. The number of hydrogen-bond donors (Lipinski definition) is 3. The molecule has 0 aromatic rings. The van der Waals surface area contributed by atoms with Gasteiger partial charge in [0.25, 0.3) is 0 Å². The van der Waals surface area contributed by atoms with Gasteiger partial charge >= 0.3 is 39.5 Å². The number of hydrogen-bond acceptors (Lipinski definition) is 15. The Morgan fingerprint density at radius 1 is 0.260 bits per heavy atom. The largest absolute Gasteiger partial charge is 0.472 e. The number of ether oxygens (including phenoxy) is 4. The normalized spacial score (nSPS) is 14.1. The minimum absolute atomic E-state index is 0.106. The first-order valence-electron chi connectivity index (χ1n) is 39.7. The first-order valence-corrected chi connectivity index (χ1v) is 42.7. The summed E-state index contributed by atoms with van der Waals surface area (Å²) in [5.74, 6) is 0.929. The van der Waals surface area contributed by atoms with Crippen molar-refractivity contribution < 1.29 is 80.2 Å². The lowest BCUT2D eigenvalue weighted by molar-refractivity contribution is -0.161. The highest BCUT2D eigenvalue weighted by Crippen LogP contribution is 2.45. The van der Waals surface area contributed by atoms with Gasteiger partial charge in [-0.15, -0.1) is 0 Å². The number of phosphoric ester groups is 2. The van der Waals surface area contributed by atoms with E-state index in [4.69, 9.17) is 37.0 Å². The van der Waals surface area contributed by atoms with E-state index in [1.165, 1.54) is 186 Å². The van der Waals surface area contributed by atoms with Gasteiger partial charge in [0.05, 0.1) is 26.4 Å². The molecule has 0 aliphatic heterocycles. The van der Waals surface area contributed by atoms with Crippen LogP contribution in [0.5, 0.6) is 0 Å². The fraction of sp³-hybridized carbons (Fsp3) is 0.948. The SMILES string of the molecule is CC(C)CCCCCCCCCCCCCCCC(=O)OC[C@H](COP(=O)(O)OCC(O)COP(=O)(O)OC[C@@H](COC(=O)CCCCCCCCCC(C)C)OC(=O)CCCCCCCCCCCCCCCC(C)C)OC(=O)CCCCCCCCCCCCCC(C)C. The molecule has 0 spiro atoms. The van der Waals surface area contributed by atoms with Crippen molar-refractivity contribution in [2.75, 3.05) is 39.6 Å². The number of unbranched alkanes of at least 4 members (excludes halogenated alkanes) is 40. The van der Waals surface area contributed by atoms with Crippen molar-refractivity contribution in [2.24, 2.45) is 23.7 Å². The van der Waals surface area contributed by atoms with E-state index in [-0.39, 0.29) is 25.7 Å². The minimum Gasteiger partial charge on any atom is -0.462 e. The van der Waals surface area contributed by atoms with E-state index in [2.05, 4.69) is 55.4 Å². The second-order valence-corrected chi connectivity index (χ2v) is 32.6. The average Bonchev–Trinajstić information content (AvgIpc) is 2.16. The van der Waals surface area contributed by atoms with Gasteiger partial charge in [0.2, 0.25) is 0 Å². The monoisotopic (exact) mass is 1410 g/mol.